The van der Waals surface area contributed by atoms with E-state index < -0.39 is 0 Å². The summed E-state index contributed by atoms with van der Waals surface area (Å²) >= 11 is 0. The largest absolute Gasteiger partial charge is 0.0622 e. The van der Waals surface area contributed by atoms with E-state index in [1.165, 1.54) is 153 Å². The second kappa shape index (κ2) is 19.9. The van der Waals surface area contributed by atoms with Crippen LogP contribution in [0.3, 0.4) is 0 Å². The molecule has 0 saturated carbocycles. The Morgan fingerprint density at radius 1 is 0.125 bits per heavy atom. The SMILES string of the molecule is c1ccc(-c2ccc(-c3c4ccccc4c(-c4ccc5ccccc5c4)c4cc(-c5ccc6ccccc6c5)ccc34)cc2)cc1.c1ccc2cc(-c3c4ccccc4c(-c4cccc5ccccc45)c4ccccc34)ccc2c1. The van der Waals surface area contributed by atoms with Gasteiger partial charge in [-0.1, -0.05) is 291 Å². The van der Waals surface area contributed by atoms with Crippen LogP contribution in [0.25, 0.3) is 153 Å². The molecule has 0 radical (unpaired) electrons. The molecule has 0 fully saturated rings. The standard InChI is InChI=1S/C46H30.C34H22/c1-2-10-31(11-3-1)34-18-22-35(23-19-34)45-41-16-8-9-17-42(41)46(40-25-21-33-13-5-7-15-37(33)29-40)44-30-39(26-27-43(44)45)38-24-20-32-12-4-6-14-36(32)28-38;1-2-12-25-22-26(21-20-23(25)10-1)33-29-15-5-7-17-31(29)34(32-18-8-6-16-30(32)33)28-19-9-13-24-11-3-4-14-27(24)28/h1-30H;1-22H. The van der Waals surface area contributed by atoms with Crippen LogP contribution in [0.1, 0.15) is 0 Å². The van der Waals surface area contributed by atoms with Crippen LogP contribution in [0.5, 0.6) is 0 Å². The van der Waals surface area contributed by atoms with Crippen LogP contribution in [0.4, 0.5) is 0 Å². The Kier molecular flexibility index (Phi) is 11.6. The second-order valence-electron chi connectivity index (χ2n) is 21.1. The van der Waals surface area contributed by atoms with E-state index in [9.17, 15) is 0 Å². The molecule has 0 heterocycles. The van der Waals surface area contributed by atoms with Crippen LogP contribution in [0.2, 0.25) is 0 Å². The molecule has 0 unspecified atom stereocenters. The maximum absolute atomic E-state index is 2.41. The van der Waals surface area contributed by atoms with Gasteiger partial charge in [0.05, 0.1) is 0 Å². The lowest BCUT2D eigenvalue weighted by Gasteiger charge is -2.19. The van der Waals surface area contributed by atoms with Gasteiger partial charge in [-0.05, 0) is 177 Å². The maximum atomic E-state index is 2.41. The van der Waals surface area contributed by atoms with Crippen molar-refractivity contribution in [1.82, 2.24) is 0 Å². The Labute approximate surface area is 465 Å². The molecule has 0 amide bonds. The fraction of sp³-hybridized carbons (Fsp3) is 0. The molecule has 0 aliphatic heterocycles. The predicted octanol–water partition coefficient (Wildman–Crippen LogP) is 22.6. The minimum absolute atomic E-state index is 1.22. The van der Waals surface area contributed by atoms with Crippen LogP contribution in [-0.4, -0.2) is 0 Å². The van der Waals surface area contributed by atoms with Crippen molar-refractivity contribution in [3.63, 3.8) is 0 Å². The summed E-state index contributed by atoms with van der Waals surface area (Å²) in [5, 5.41) is 20.4. The number of rotatable bonds is 6. The molecule has 0 saturated heterocycles. The Bertz CT molecular complexity index is 4980. The van der Waals surface area contributed by atoms with Gasteiger partial charge in [0.15, 0.2) is 0 Å². The Hall–Kier alpha value is -10.4. The van der Waals surface area contributed by atoms with Crippen LogP contribution in [0.15, 0.2) is 315 Å². The van der Waals surface area contributed by atoms with Crippen LogP contribution in [0, 0.1) is 0 Å². The van der Waals surface area contributed by atoms with Gasteiger partial charge in [0, 0.05) is 0 Å². The smallest absolute Gasteiger partial charge is 0.00201 e. The first-order valence-corrected chi connectivity index (χ1v) is 27.7. The Morgan fingerprint density at radius 2 is 0.438 bits per heavy atom. The van der Waals surface area contributed by atoms with E-state index in [0.29, 0.717) is 0 Å². The third-order valence-corrected chi connectivity index (χ3v) is 16.5. The van der Waals surface area contributed by atoms with Gasteiger partial charge in [0.1, 0.15) is 0 Å². The summed E-state index contributed by atoms with van der Waals surface area (Å²) < 4.78 is 0. The molecule has 0 heteroatoms. The lowest BCUT2D eigenvalue weighted by molar-refractivity contribution is 1.61. The van der Waals surface area contributed by atoms with Crippen molar-refractivity contribution in [2.24, 2.45) is 0 Å². The van der Waals surface area contributed by atoms with E-state index in [-0.39, 0.29) is 0 Å². The summed E-state index contributed by atoms with van der Waals surface area (Å²) in [6.07, 6.45) is 0. The minimum Gasteiger partial charge on any atom is -0.0622 e. The quantitative estimate of drug-likeness (QED) is 0.146. The lowest BCUT2D eigenvalue weighted by atomic mass is 9.84. The van der Waals surface area contributed by atoms with E-state index >= 15 is 0 Å². The minimum atomic E-state index is 1.22. The van der Waals surface area contributed by atoms with Gasteiger partial charge in [-0.15, -0.1) is 0 Å². The number of hydrogen-bond acceptors (Lipinski definition) is 0. The Morgan fingerprint density at radius 3 is 0.963 bits per heavy atom. The van der Waals surface area contributed by atoms with Crippen molar-refractivity contribution in [3.05, 3.63) is 315 Å². The van der Waals surface area contributed by atoms with Crippen molar-refractivity contribution in [2.45, 2.75) is 0 Å². The number of hydrogen-bond donors (Lipinski definition) is 0. The third-order valence-electron chi connectivity index (χ3n) is 16.5. The maximum Gasteiger partial charge on any atom is -0.00201 e. The highest BCUT2D eigenvalue weighted by Gasteiger charge is 2.20. The van der Waals surface area contributed by atoms with E-state index in [1.54, 1.807) is 0 Å². The predicted molar refractivity (Wildman–Crippen MR) is 346 cm³/mol. The summed E-state index contributed by atoms with van der Waals surface area (Å²) in [5.41, 5.74) is 15.1. The zero-order valence-corrected chi connectivity index (χ0v) is 44.0. The lowest BCUT2D eigenvalue weighted by Crippen LogP contribution is -1.92. The van der Waals surface area contributed by atoms with Gasteiger partial charge >= 0.3 is 0 Å². The van der Waals surface area contributed by atoms with Crippen molar-refractivity contribution in [1.29, 1.82) is 0 Å². The molecule has 0 aromatic heterocycles. The molecule has 0 atom stereocenters. The molecular weight excluding hydrogens is 961 g/mol. The van der Waals surface area contributed by atoms with Crippen LogP contribution in [-0.2, 0) is 0 Å². The van der Waals surface area contributed by atoms with Gasteiger partial charge in [0.2, 0.25) is 0 Å². The van der Waals surface area contributed by atoms with Crippen molar-refractivity contribution in [2.75, 3.05) is 0 Å². The molecule has 0 bridgehead atoms. The molecule has 16 aromatic carbocycles. The van der Waals surface area contributed by atoms with Gasteiger partial charge < -0.3 is 0 Å². The van der Waals surface area contributed by atoms with Crippen molar-refractivity contribution < 1.29 is 0 Å². The molecule has 0 nitrogen and oxygen atoms in total. The van der Waals surface area contributed by atoms with Crippen molar-refractivity contribution in [3.8, 4) is 66.8 Å². The monoisotopic (exact) mass is 1010 g/mol. The van der Waals surface area contributed by atoms with E-state index in [1.807, 2.05) is 0 Å². The third kappa shape index (κ3) is 8.25. The van der Waals surface area contributed by atoms with Gasteiger partial charge in [0.25, 0.3) is 0 Å². The average Bonchev–Trinajstić information content (AvgIpc) is 3.67. The summed E-state index contributed by atoms with van der Waals surface area (Å²) in [4.78, 5) is 0. The van der Waals surface area contributed by atoms with Gasteiger partial charge in [-0.3, -0.25) is 0 Å². The summed E-state index contributed by atoms with van der Waals surface area (Å²) in [6, 6.07) is 115. The fourth-order valence-corrected chi connectivity index (χ4v) is 12.7. The highest BCUT2D eigenvalue weighted by atomic mass is 14.2. The molecule has 80 heavy (non-hydrogen) atoms. The zero-order valence-electron chi connectivity index (χ0n) is 44.0. The average molecular weight is 1010 g/mol. The zero-order chi connectivity index (χ0) is 52.9. The summed E-state index contributed by atoms with van der Waals surface area (Å²) in [7, 11) is 0. The van der Waals surface area contributed by atoms with Gasteiger partial charge in [-0.25, -0.2) is 0 Å². The van der Waals surface area contributed by atoms with Crippen LogP contribution < -0.4 is 0 Å². The number of benzene rings is 16. The first kappa shape index (κ1) is 46.9. The topological polar surface area (TPSA) is 0 Å². The molecule has 16 aromatic rings. The highest BCUT2D eigenvalue weighted by Crippen LogP contribution is 2.48. The molecule has 372 valence electrons. The van der Waals surface area contributed by atoms with E-state index in [4.69, 9.17) is 0 Å². The highest BCUT2D eigenvalue weighted by molar-refractivity contribution is 6.25. The number of fused-ring (bicyclic) bond motifs is 8. The normalized spacial score (nSPS) is 11.5. The molecule has 0 aliphatic carbocycles. The van der Waals surface area contributed by atoms with Crippen LogP contribution >= 0.6 is 0 Å². The van der Waals surface area contributed by atoms with E-state index in [0.717, 1.165) is 0 Å². The molecule has 0 spiro atoms. The summed E-state index contributed by atoms with van der Waals surface area (Å²) in [5.74, 6) is 0. The molecular formula is C80H52. The summed E-state index contributed by atoms with van der Waals surface area (Å²) in [6.45, 7) is 0. The molecule has 0 N–H and O–H groups in total. The molecule has 16 rings (SSSR count). The first-order valence-electron chi connectivity index (χ1n) is 27.7. The van der Waals surface area contributed by atoms with Gasteiger partial charge in [-0.2, -0.15) is 0 Å². The first-order chi connectivity index (χ1) is 39.7. The fourth-order valence-electron chi connectivity index (χ4n) is 12.7. The van der Waals surface area contributed by atoms with Crippen molar-refractivity contribution >= 4 is 86.2 Å². The molecule has 0 aliphatic rings. The van der Waals surface area contributed by atoms with E-state index in [2.05, 4.69) is 315 Å². The second-order valence-corrected chi connectivity index (χ2v) is 21.1. The Balaban J connectivity index is 0.000000144.